The van der Waals surface area contributed by atoms with Crippen LogP contribution in [0.5, 0.6) is 0 Å². The highest BCUT2D eigenvalue weighted by Crippen LogP contribution is 2.12. The quantitative estimate of drug-likeness (QED) is 0.824. The van der Waals surface area contributed by atoms with E-state index in [-0.39, 0.29) is 17.0 Å². The van der Waals surface area contributed by atoms with Gasteiger partial charge in [0.05, 0.1) is 0 Å². The van der Waals surface area contributed by atoms with Gasteiger partial charge in [0, 0.05) is 39.4 Å². The highest BCUT2D eigenvalue weighted by molar-refractivity contribution is 5.95. The molecule has 0 radical (unpaired) electrons. The van der Waals surface area contributed by atoms with Crippen molar-refractivity contribution >= 4 is 11.6 Å². The number of aromatic nitrogens is 2. The fraction of sp³-hybridized carbons (Fsp3) is 0.250. The van der Waals surface area contributed by atoms with Crippen LogP contribution in [0.3, 0.4) is 0 Å². The zero-order valence-corrected chi connectivity index (χ0v) is 13.4. The van der Waals surface area contributed by atoms with Gasteiger partial charge in [-0.2, -0.15) is 15.5 Å². The molecule has 7 heteroatoms. The predicted molar refractivity (Wildman–Crippen MR) is 84.5 cm³/mol. The number of amides is 1. The molecule has 23 heavy (non-hydrogen) atoms. The van der Waals surface area contributed by atoms with E-state index >= 15 is 0 Å². The largest absolute Gasteiger partial charge is 0.378 e. The van der Waals surface area contributed by atoms with E-state index in [2.05, 4.69) is 4.99 Å². The van der Waals surface area contributed by atoms with E-state index in [4.69, 9.17) is 10.5 Å². The van der Waals surface area contributed by atoms with E-state index in [0.29, 0.717) is 5.56 Å². The summed E-state index contributed by atoms with van der Waals surface area (Å²) in [7, 11) is 7.03. The van der Waals surface area contributed by atoms with Crippen molar-refractivity contribution in [1.82, 2.24) is 9.13 Å². The van der Waals surface area contributed by atoms with Gasteiger partial charge in [-0.1, -0.05) is 0 Å². The maximum atomic E-state index is 12.3. The molecule has 0 aliphatic heterocycles. The number of anilines is 1. The Balaban J connectivity index is 2.51. The highest BCUT2D eigenvalue weighted by Gasteiger charge is 2.15. The Hall–Kier alpha value is -3.32. The SMILES string of the molecule is CN(C)c1ccc(C(=O)N=c2n(C)c(C#N)c(C#N)n2C)cc1. The van der Waals surface area contributed by atoms with E-state index in [9.17, 15) is 4.79 Å². The number of rotatable bonds is 2. The van der Waals surface area contributed by atoms with Crippen LogP contribution in [0.25, 0.3) is 0 Å². The maximum Gasteiger partial charge on any atom is 0.280 e. The molecule has 0 saturated carbocycles. The highest BCUT2D eigenvalue weighted by atomic mass is 16.1. The molecule has 1 aromatic heterocycles. The Labute approximate surface area is 133 Å². The summed E-state index contributed by atoms with van der Waals surface area (Å²) in [5.41, 5.74) is 2.01. The number of benzene rings is 1. The third-order valence-electron chi connectivity index (χ3n) is 3.54. The standard InChI is InChI=1S/C16H16N6O/c1-20(2)12-7-5-11(6-8-12)15(23)19-16-21(3)13(9-17)14(10-18)22(16)4/h5-8H,1-4H3. The summed E-state index contributed by atoms with van der Waals surface area (Å²) in [5, 5.41) is 18.3. The summed E-state index contributed by atoms with van der Waals surface area (Å²) in [6.45, 7) is 0. The van der Waals surface area contributed by atoms with Crippen molar-refractivity contribution in [2.75, 3.05) is 19.0 Å². The molecular formula is C16H16N6O. The molecule has 0 spiro atoms. The van der Waals surface area contributed by atoms with Crippen LogP contribution in [-0.2, 0) is 14.1 Å². The average molecular weight is 308 g/mol. The van der Waals surface area contributed by atoms with Crippen LogP contribution >= 0.6 is 0 Å². The first-order valence-electron chi connectivity index (χ1n) is 6.83. The summed E-state index contributed by atoms with van der Waals surface area (Å²) >= 11 is 0. The van der Waals surface area contributed by atoms with Gasteiger partial charge >= 0.3 is 0 Å². The number of hydrogen-bond donors (Lipinski definition) is 0. The van der Waals surface area contributed by atoms with Gasteiger partial charge in [-0.3, -0.25) is 4.79 Å². The molecule has 0 N–H and O–H groups in total. The van der Waals surface area contributed by atoms with Crippen LogP contribution in [0.15, 0.2) is 29.3 Å². The summed E-state index contributed by atoms with van der Waals surface area (Å²) in [4.78, 5) is 18.3. The van der Waals surface area contributed by atoms with Crippen molar-refractivity contribution in [1.29, 1.82) is 10.5 Å². The molecule has 1 amide bonds. The second kappa shape index (κ2) is 6.20. The minimum atomic E-state index is -0.430. The molecule has 1 aromatic carbocycles. The first-order valence-corrected chi connectivity index (χ1v) is 6.83. The second-order valence-electron chi connectivity index (χ2n) is 5.20. The summed E-state index contributed by atoms with van der Waals surface area (Å²) in [6.07, 6.45) is 0. The second-order valence-corrected chi connectivity index (χ2v) is 5.20. The molecule has 0 atom stereocenters. The van der Waals surface area contributed by atoms with Gasteiger partial charge in [-0.25, -0.2) is 0 Å². The molecule has 0 fully saturated rings. The van der Waals surface area contributed by atoms with E-state index in [1.165, 1.54) is 9.13 Å². The third kappa shape index (κ3) is 2.85. The number of nitriles is 2. The first kappa shape index (κ1) is 16.1. The first-order chi connectivity index (χ1) is 10.9. The molecule has 0 saturated heterocycles. The molecule has 1 heterocycles. The lowest BCUT2D eigenvalue weighted by atomic mass is 10.2. The summed E-state index contributed by atoms with van der Waals surface area (Å²) < 4.78 is 2.87. The number of carbonyl (C=O) groups is 1. The van der Waals surface area contributed by atoms with E-state index in [0.717, 1.165) is 5.69 Å². The van der Waals surface area contributed by atoms with Crippen LogP contribution in [0.2, 0.25) is 0 Å². The molecule has 2 rings (SSSR count). The zero-order chi connectivity index (χ0) is 17.1. The van der Waals surface area contributed by atoms with Crippen LogP contribution in [0.1, 0.15) is 21.7 Å². The lowest BCUT2D eigenvalue weighted by Gasteiger charge is -2.11. The van der Waals surface area contributed by atoms with E-state index < -0.39 is 5.91 Å². The number of hydrogen-bond acceptors (Lipinski definition) is 4. The smallest absolute Gasteiger partial charge is 0.280 e. The van der Waals surface area contributed by atoms with Gasteiger partial charge in [0.15, 0.2) is 11.4 Å². The fourth-order valence-corrected chi connectivity index (χ4v) is 2.21. The van der Waals surface area contributed by atoms with Crippen LogP contribution in [0, 0.1) is 22.7 Å². The van der Waals surface area contributed by atoms with Crippen molar-refractivity contribution in [2.24, 2.45) is 19.1 Å². The molecule has 2 aromatic rings. The van der Waals surface area contributed by atoms with Gasteiger partial charge in [-0.05, 0) is 24.3 Å². The maximum absolute atomic E-state index is 12.3. The Kier molecular flexibility index (Phi) is 4.33. The molecule has 7 nitrogen and oxygen atoms in total. The average Bonchev–Trinajstić information content (AvgIpc) is 2.78. The number of imidazole rings is 1. The van der Waals surface area contributed by atoms with Crippen LogP contribution in [-0.4, -0.2) is 29.1 Å². The van der Waals surface area contributed by atoms with Gasteiger partial charge in [-0.15, -0.1) is 0 Å². The Bertz CT molecular complexity index is 860. The van der Waals surface area contributed by atoms with Gasteiger partial charge in [0.2, 0.25) is 5.62 Å². The summed E-state index contributed by atoms with van der Waals surface area (Å²) in [5.74, 6) is -0.430. The number of nitrogens with zero attached hydrogens (tertiary/aromatic N) is 6. The van der Waals surface area contributed by atoms with Crippen molar-refractivity contribution < 1.29 is 4.79 Å². The summed E-state index contributed by atoms with van der Waals surface area (Å²) in [6, 6.07) is 11.0. The normalized spacial score (nSPS) is 9.83. The topological polar surface area (TPSA) is 90.1 Å². The zero-order valence-electron chi connectivity index (χ0n) is 13.4. The van der Waals surface area contributed by atoms with Crippen molar-refractivity contribution in [3.63, 3.8) is 0 Å². The van der Waals surface area contributed by atoms with Crippen molar-refractivity contribution in [3.05, 3.63) is 46.8 Å². The predicted octanol–water partition coefficient (Wildman–Crippen LogP) is 0.914. The van der Waals surface area contributed by atoms with Gasteiger partial charge in [0.1, 0.15) is 12.1 Å². The Morgan fingerprint density at radius 2 is 1.52 bits per heavy atom. The minimum Gasteiger partial charge on any atom is -0.378 e. The molecular weight excluding hydrogens is 292 g/mol. The third-order valence-corrected chi connectivity index (χ3v) is 3.54. The van der Waals surface area contributed by atoms with Crippen molar-refractivity contribution in [3.8, 4) is 12.1 Å². The molecule has 0 aliphatic rings. The molecule has 0 aliphatic carbocycles. The lowest BCUT2D eigenvalue weighted by molar-refractivity contribution is 0.0996. The monoisotopic (exact) mass is 308 g/mol. The van der Waals surface area contributed by atoms with Crippen LogP contribution < -0.4 is 10.5 Å². The van der Waals surface area contributed by atoms with Crippen molar-refractivity contribution in [2.45, 2.75) is 0 Å². The van der Waals surface area contributed by atoms with Gasteiger partial charge in [0.25, 0.3) is 5.91 Å². The Morgan fingerprint density at radius 1 is 1.04 bits per heavy atom. The molecule has 0 bridgehead atoms. The Morgan fingerprint density at radius 3 is 1.91 bits per heavy atom. The van der Waals surface area contributed by atoms with Crippen LogP contribution in [0.4, 0.5) is 5.69 Å². The lowest BCUT2D eigenvalue weighted by Crippen LogP contribution is -2.24. The fourth-order valence-electron chi connectivity index (χ4n) is 2.21. The minimum absolute atomic E-state index is 0.171. The van der Waals surface area contributed by atoms with Gasteiger partial charge < -0.3 is 14.0 Å². The molecule has 0 unspecified atom stereocenters. The molecule has 116 valence electrons. The number of carbonyl (C=O) groups excluding carboxylic acids is 1. The van der Waals surface area contributed by atoms with E-state index in [1.54, 1.807) is 26.2 Å². The van der Waals surface area contributed by atoms with E-state index in [1.807, 2.05) is 43.3 Å².